The minimum absolute atomic E-state index is 0.0806. The smallest absolute Gasteiger partial charge is 0.322 e. The molecule has 1 aromatic heterocycles. The number of rotatable bonds is 9. The van der Waals surface area contributed by atoms with E-state index in [0.29, 0.717) is 41.1 Å². The normalized spacial score (nSPS) is 10.8. The molecule has 174 valence electrons. The summed E-state index contributed by atoms with van der Waals surface area (Å²) in [7, 11) is 0. The molecule has 2 aromatic carbocycles. The molecule has 0 aliphatic carbocycles. The third-order valence-corrected chi connectivity index (χ3v) is 5.42. The van der Waals surface area contributed by atoms with Crippen LogP contribution in [0.15, 0.2) is 71.3 Å². The molecule has 3 aromatic rings. The Morgan fingerprint density at radius 2 is 1.73 bits per heavy atom. The quantitative estimate of drug-likeness (QED) is 0.384. The summed E-state index contributed by atoms with van der Waals surface area (Å²) >= 11 is 12.2. The molecule has 0 saturated heterocycles. The number of amides is 3. The monoisotopic (exact) mass is 487 g/mol. The second-order valence-corrected chi connectivity index (χ2v) is 8.99. The summed E-state index contributed by atoms with van der Waals surface area (Å²) in [6, 6.07) is 17.8. The maximum atomic E-state index is 13.4. The molecule has 0 spiro atoms. The van der Waals surface area contributed by atoms with E-state index in [4.69, 9.17) is 27.6 Å². The van der Waals surface area contributed by atoms with Crippen LogP contribution in [0.25, 0.3) is 0 Å². The summed E-state index contributed by atoms with van der Waals surface area (Å²) in [6.07, 6.45) is 1.58. The van der Waals surface area contributed by atoms with Crippen molar-refractivity contribution in [2.24, 2.45) is 5.92 Å². The highest BCUT2D eigenvalue weighted by molar-refractivity contribution is 6.36. The van der Waals surface area contributed by atoms with Crippen LogP contribution in [0, 0.1) is 5.92 Å². The van der Waals surface area contributed by atoms with Crippen LogP contribution >= 0.6 is 23.2 Å². The molecule has 0 fully saturated rings. The van der Waals surface area contributed by atoms with Gasteiger partial charge in [0.25, 0.3) is 0 Å². The maximum Gasteiger partial charge on any atom is 0.322 e. The highest BCUT2D eigenvalue weighted by atomic mass is 35.5. The summed E-state index contributed by atoms with van der Waals surface area (Å²) < 4.78 is 5.46. The van der Waals surface area contributed by atoms with Crippen molar-refractivity contribution in [1.29, 1.82) is 0 Å². The summed E-state index contributed by atoms with van der Waals surface area (Å²) in [5.74, 6) is 0.650. The van der Waals surface area contributed by atoms with E-state index < -0.39 is 6.03 Å². The minimum Gasteiger partial charge on any atom is -0.467 e. The van der Waals surface area contributed by atoms with Crippen LogP contribution in [0.1, 0.15) is 25.2 Å². The number of halogens is 2. The van der Waals surface area contributed by atoms with Crippen LogP contribution in [0.5, 0.6) is 0 Å². The second kappa shape index (κ2) is 11.8. The third-order valence-electron chi connectivity index (χ3n) is 4.87. The van der Waals surface area contributed by atoms with Gasteiger partial charge in [-0.2, -0.15) is 0 Å². The number of hydrogen-bond acceptors (Lipinski definition) is 3. The second-order valence-electron chi connectivity index (χ2n) is 8.14. The summed E-state index contributed by atoms with van der Waals surface area (Å²) in [6.45, 7) is 5.02. The molecule has 0 bridgehead atoms. The first-order valence-electron chi connectivity index (χ1n) is 10.7. The fraction of sp³-hybridized carbons (Fsp3) is 0.280. The van der Waals surface area contributed by atoms with Crippen LogP contribution in [0.4, 0.5) is 10.5 Å². The lowest BCUT2D eigenvalue weighted by atomic mass is 10.2. The van der Waals surface area contributed by atoms with Crippen LogP contribution in [0.3, 0.4) is 0 Å². The van der Waals surface area contributed by atoms with Crippen LogP contribution < -0.4 is 5.32 Å². The van der Waals surface area contributed by atoms with Gasteiger partial charge in [-0.1, -0.05) is 67.4 Å². The first-order chi connectivity index (χ1) is 15.8. The molecule has 0 aliphatic rings. The van der Waals surface area contributed by atoms with Crippen LogP contribution in [-0.2, 0) is 17.9 Å². The Balaban J connectivity index is 1.76. The number of benzene rings is 2. The van der Waals surface area contributed by atoms with Crippen molar-refractivity contribution in [1.82, 2.24) is 9.80 Å². The van der Waals surface area contributed by atoms with Gasteiger partial charge in [-0.15, -0.1) is 0 Å². The lowest BCUT2D eigenvalue weighted by Gasteiger charge is -2.28. The van der Waals surface area contributed by atoms with E-state index in [-0.39, 0.29) is 18.4 Å². The first-order valence-corrected chi connectivity index (χ1v) is 11.4. The van der Waals surface area contributed by atoms with Crippen molar-refractivity contribution >= 4 is 40.8 Å². The Hall–Kier alpha value is -2.96. The van der Waals surface area contributed by atoms with Crippen molar-refractivity contribution in [3.63, 3.8) is 0 Å². The number of urea groups is 1. The Bertz CT molecular complexity index is 1060. The zero-order valence-electron chi connectivity index (χ0n) is 18.6. The van der Waals surface area contributed by atoms with Gasteiger partial charge in [0.15, 0.2) is 0 Å². The average molecular weight is 488 g/mol. The van der Waals surface area contributed by atoms with Gasteiger partial charge in [-0.05, 0) is 41.8 Å². The highest BCUT2D eigenvalue weighted by Gasteiger charge is 2.23. The number of nitrogens with zero attached hydrogens (tertiary/aromatic N) is 2. The number of anilines is 1. The average Bonchev–Trinajstić information content (AvgIpc) is 3.28. The van der Waals surface area contributed by atoms with E-state index in [2.05, 4.69) is 5.32 Å². The molecule has 8 heteroatoms. The fourth-order valence-corrected chi connectivity index (χ4v) is 3.79. The van der Waals surface area contributed by atoms with Crippen molar-refractivity contribution < 1.29 is 14.0 Å². The van der Waals surface area contributed by atoms with Gasteiger partial charge >= 0.3 is 6.03 Å². The molecule has 0 unspecified atom stereocenters. The van der Waals surface area contributed by atoms with E-state index in [1.165, 1.54) is 4.90 Å². The number of carbonyl (C=O) groups is 2. The largest absolute Gasteiger partial charge is 0.467 e. The summed E-state index contributed by atoms with van der Waals surface area (Å²) in [5.41, 5.74) is 1.43. The van der Waals surface area contributed by atoms with Gasteiger partial charge < -0.3 is 19.5 Å². The van der Waals surface area contributed by atoms with Gasteiger partial charge in [0, 0.05) is 18.1 Å². The lowest BCUT2D eigenvalue weighted by molar-refractivity contribution is -0.133. The molecule has 3 rings (SSSR count). The zero-order valence-corrected chi connectivity index (χ0v) is 20.1. The summed E-state index contributed by atoms with van der Waals surface area (Å²) in [4.78, 5) is 29.6. The van der Waals surface area contributed by atoms with Gasteiger partial charge in [0.05, 0.1) is 23.5 Å². The molecule has 0 saturated carbocycles. The lowest BCUT2D eigenvalue weighted by Crippen LogP contribution is -2.45. The van der Waals surface area contributed by atoms with E-state index in [9.17, 15) is 9.59 Å². The number of furan rings is 1. The Morgan fingerprint density at radius 3 is 2.36 bits per heavy atom. The Labute approximate surface area is 204 Å². The maximum absolute atomic E-state index is 13.4. The molecular formula is C25H27Cl2N3O3. The number of hydrogen-bond donors (Lipinski definition) is 1. The molecule has 3 amide bonds. The predicted octanol–water partition coefficient (Wildman–Crippen LogP) is 6.31. The number of nitrogens with one attached hydrogen (secondary N) is 1. The van der Waals surface area contributed by atoms with Crippen molar-refractivity contribution in [2.75, 3.05) is 18.4 Å². The van der Waals surface area contributed by atoms with Crippen molar-refractivity contribution in [3.8, 4) is 0 Å². The molecule has 6 nitrogen and oxygen atoms in total. The predicted molar refractivity (Wildman–Crippen MR) is 131 cm³/mol. The summed E-state index contributed by atoms with van der Waals surface area (Å²) in [5, 5.41) is 3.59. The third kappa shape index (κ3) is 7.55. The molecule has 33 heavy (non-hydrogen) atoms. The molecule has 0 aliphatic heterocycles. The number of carbonyl (C=O) groups excluding carboxylic acids is 2. The van der Waals surface area contributed by atoms with E-state index in [1.54, 1.807) is 35.4 Å². The molecule has 1 heterocycles. The highest BCUT2D eigenvalue weighted by Crippen LogP contribution is 2.25. The van der Waals surface area contributed by atoms with Gasteiger partial charge in [0.2, 0.25) is 5.91 Å². The van der Waals surface area contributed by atoms with Crippen molar-refractivity contribution in [3.05, 3.63) is 88.3 Å². The minimum atomic E-state index is -0.404. The topological polar surface area (TPSA) is 65.8 Å². The molecule has 1 N–H and O–H groups in total. The van der Waals surface area contributed by atoms with Gasteiger partial charge in [0.1, 0.15) is 12.3 Å². The fourth-order valence-electron chi connectivity index (χ4n) is 3.34. The van der Waals surface area contributed by atoms with Crippen LogP contribution in [0.2, 0.25) is 10.0 Å². The van der Waals surface area contributed by atoms with Gasteiger partial charge in [-0.3, -0.25) is 4.79 Å². The SMILES string of the molecule is CC(C)CN(CC(=O)N(Cc1ccccc1)Cc1ccco1)C(=O)Nc1ccc(Cl)cc1Cl. The van der Waals surface area contributed by atoms with Crippen LogP contribution in [-0.4, -0.2) is 34.8 Å². The molecular weight excluding hydrogens is 461 g/mol. The Morgan fingerprint density at radius 1 is 0.970 bits per heavy atom. The van der Waals surface area contributed by atoms with E-state index in [1.807, 2.05) is 50.2 Å². The zero-order chi connectivity index (χ0) is 23.8. The van der Waals surface area contributed by atoms with E-state index >= 15 is 0 Å². The molecule has 0 atom stereocenters. The first kappa shape index (κ1) is 24.7. The van der Waals surface area contributed by atoms with E-state index in [0.717, 1.165) is 5.56 Å². The Kier molecular flexibility index (Phi) is 8.80. The standard InChI is InChI=1S/C25H27Cl2N3O3/c1-18(2)14-30(25(32)28-23-11-10-20(26)13-22(23)27)17-24(31)29(16-21-9-6-12-33-21)15-19-7-4-3-5-8-19/h3-13,18H,14-17H2,1-2H3,(H,28,32). The molecule has 0 radical (unpaired) electrons. The van der Waals surface area contributed by atoms with Gasteiger partial charge in [-0.25, -0.2) is 4.79 Å². The van der Waals surface area contributed by atoms with Crippen molar-refractivity contribution in [2.45, 2.75) is 26.9 Å².